The molecular weight excluding hydrogens is 449 g/mol. The lowest BCUT2D eigenvalue weighted by Crippen LogP contribution is -2.55. The van der Waals surface area contributed by atoms with Crippen LogP contribution in [-0.2, 0) is 10.5 Å². The number of anilines is 1. The fraction of sp³-hybridized carbons (Fsp3) is 0.167. The van der Waals surface area contributed by atoms with Crippen molar-refractivity contribution in [1.29, 1.82) is 0 Å². The van der Waals surface area contributed by atoms with Crippen LogP contribution in [0.3, 0.4) is 0 Å². The third-order valence-electron chi connectivity index (χ3n) is 6.15. The second kappa shape index (κ2) is 6.89. The lowest BCUT2D eigenvalue weighted by Gasteiger charge is -2.44. The van der Waals surface area contributed by atoms with E-state index in [1.807, 2.05) is 30.3 Å². The number of ether oxygens (including phenoxy) is 2. The van der Waals surface area contributed by atoms with Crippen molar-refractivity contribution < 1.29 is 14.3 Å². The van der Waals surface area contributed by atoms with Crippen LogP contribution in [0, 0.1) is 0 Å². The molecule has 8 heteroatoms. The molecule has 3 heterocycles. The highest BCUT2D eigenvalue weighted by Crippen LogP contribution is 2.54. The number of carbonyl (C=O) groups excluding carboxylic acids is 1. The summed E-state index contributed by atoms with van der Waals surface area (Å²) in [5.41, 5.74) is 2.52. The first-order chi connectivity index (χ1) is 15.5. The van der Waals surface area contributed by atoms with Crippen LogP contribution in [0.1, 0.15) is 29.2 Å². The zero-order valence-corrected chi connectivity index (χ0v) is 18.4. The standard InChI is InChI=1S/C24H17Cl2N3O3/c1-31-16-6-2-13(3-7-16)20-12-21-17-10-14(25)5-9-22(17)32-24(29(21)28-20)18-11-15(26)4-8-19(18)27-23(24)30/h2-11,21H,12H2,1H3,(H,27,30)/t21-,24-/m0/s1. The molecule has 0 aromatic heterocycles. The molecule has 2 atom stereocenters. The van der Waals surface area contributed by atoms with Gasteiger partial charge in [-0.1, -0.05) is 23.2 Å². The van der Waals surface area contributed by atoms with Gasteiger partial charge in [0.25, 0.3) is 5.91 Å². The van der Waals surface area contributed by atoms with E-state index in [1.165, 1.54) is 0 Å². The van der Waals surface area contributed by atoms with Gasteiger partial charge in [0, 0.05) is 22.0 Å². The Morgan fingerprint density at radius 3 is 2.62 bits per heavy atom. The number of hydrazone groups is 1. The van der Waals surface area contributed by atoms with Crippen LogP contribution in [0.5, 0.6) is 11.5 Å². The fourth-order valence-corrected chi connectivity index (χ4v) is 5.00. The summed E-state index contributed by atoms with van der Waals surface area (Å²) in [6, 6.07) is 18.2. The summed E-state index contributed by atoms with van der Waals surface area (Å²) in [7, 11) is 1.63. The highest BCUT2D eigenvalue weighted by atomic mass is 35.5. The molecule has 0 saturated carbocycles. The molecule has 6 nitrogen and oxygen atoms in total. The number of carbonyl (C=O) groups is 1. The van der Waals surface area contributed by atoms with Crippen molar-refractivity contribution in [2.75, 3.05) is 12.4 Å². The first-order valence-electron chi connectivity index (χ1n) is 10.1. The van der Waals surface area contributed by atoms with Gasteiger partial charge in [-0.05, 0) is 66.2 Å². The molecule has 6 rings (SSSR count). The van der Waals surface area contributed by atoms with Crippen LogP contribution >= 0.6 is 23.2 Å². The molecule has 0 aliphatic carbocycles. The van der Waals surface area contributed by atoms with Gasteiger partial charge in [0.05, 0.1) is 30.1 Å². The monoisotopic (exact) mass is 465 g/mol. The van der Waals surface area contributed by atoms with E-state index in [4.69, 9.17) is 37.8 Å². The summed E-state index contributed by atoms with van der Waals surface area (Å²) in [6.07, 6.45) is 0.591. The Kier molecular flexibility index (Phi) is 4.19. The molecule has 0 saturated heterocycles. The first kappa shape index (κ1) is 19.5. The van der Waals surface area contributed by atoms with E-state index < -0.39 is 5.72 Å². The van der Waals surface area contributed by atoms with E-state index in [9.17, 15) is 4.79 Å². The highest BCUT2D eigenvalue weighted by Gasteiger charge is 2.61. The van der Waals surface area contributed by atoms with E-state index in [1.54, 1.807) is 42.5 Å². The Bertz CT molecular complexity index is 1310. The van der Waals surface area contributed by atoms with Crippen molar-refractivity contribution in [3.05, 3.63) is 87.4 Å². The Morgan fingerprint density at radius 1 is 1.09 bits per heavy atom. The smallest absolute Gasteiger partial charge is 0.306 e. The minimum absolute atomic E-state index is 0.231. The molecule has 3 aliphatic heterocycles. The maximum atomic E-state index is 13.4. The Morgan fingerprint density at radius 2 is 1.84 bits per heavy atom. The first-order valence-corrected chi connectivity index (χ1v) is 10.9. The molecule has 3 aliphatic rings. The zero-order chi connectivity index (χ0) is 22.0. The van der Waals surface area contributed by atoms with Crippen LogP contribution in [0.25, 0.3) is 0 Å². The molecule has 1 N–H and O–H groups in total. The number of nitrogens with one attached hydrogen (secondary N) is 1. The number of benzene rings is 3. The largest absolute Gasteiger partial charge is 0.497 e. The van der Waals surface area contributed by atoms with Crippen molar-refractivity contribution in [2.45, 2.75) is 18.2 Å². The van der Waals surface area contributed by atoms with Gasteiger partial charge in [-0.15, -0.1) is 0 Å². The Balaban J connectivity index is 1.55. The number of hydrogen-bond acceptors (Lipinski definition) is 5. The van der Waals surface area contributed by atoms with Crippen LogP contribution in [0.15, 0.2) is 65.8 Å². The van der Waals surface area contributed by atoms with Crippen molar-refractivity contribution in [1.82, 2.24) is 5.01 Å². The van der Waals surface area contributed by atoms with Gasteiger partial charge in [0.2, 0.25) is 0 Å². The van der Waals surface area contributed by atoms with Crippen LogP contribution in [-0.4, -0.2) is 23.7 Å². The minimum atomic E-state index is -1.46. The number of fused-ring (bicyclic) bond motifs is 6. The topological polar surface area (TPSA) is 63.2 Å². The summed E-state index contributed by atoms with van der Waals surface area (Å²) < 4.78 is 11.7. The molecule has 1 amide bonds. The third-order valence-corrected chi connectivity index (χ3v) is 6.62. The van der Waals surface area contributed by atoms with Gasteiger partial charge in [-0.2, -0.15) is 5.10 Å². The molecule has 0 unspecified atom stereocenters. The molecule has 3 aromatic rings. The summed E-state index contributed by atoms with van der Waals surface area (Å²) in [5.74, 6) is 1.06. The number of nitrogens with zero attached hydrogens (tertiary/aromatic N) is 2. The lowest BCUT2D eigenvalue weighted by molar-refractivity contribution is -0.161. The number of halogens is 2. The van der Waals surface area contributed by atoms with Crippen LogP contribution in [0.2, 0.25) is 10.0 Å². The Hall–Kier alpha value is -3.22. The molecule has 1 spiro atoms. The van der Waals surface area contributed by atoms with E-state index in [0.717, 1.165) is 22.6 Å². The maximum Gasteiger partial charge on any atom is 0.306 e. The Labute approximate surface area is 194 Å². The molecule has 3 aromatic carbocycles. The van der Waals surface area contributed by atoms with Crippen molar-refractivity contribution >= 4 is 40.5 Å². The number of methoxy groups -OCH3 is 1. The van der Waals surface area contributed by atoms with E-state index >= 15 is 0 Å². The molecule has 160 valence electrons. The van der Waals surface area contributed by atoms with Gasteiger partial charge in [-0.25, -0.2) is 5.01 Å². The van der Waals surface area contributed by atoms with E-state index in [0.29, 0.717) is 33.5 Å². The van der Waals surface area contributed by atoms with E-state index in [-0.39, 0.29) is 11.9 Å². The molecule has 0 fully saturated rings. The highest BCUT2D eigenvalue weighted by molar-refractivity contribution is 6.31. The lowest BCUT2D eigenvalue weighted by atomic mass is 9.92. The van der Waals surface area contributed by atoms with Gasteiger partial charge in [0.15, 0.2) is 0 Å². The van der Waals surface area contributed by atoms with Gasteiger partial charge >= 0.3 is 5.72 Å². The second-order valence-electron chi connectivity index (χ2n) is 7.91. The van der Waals surface area contributed by atoms with Crippen molar-refractivity contribution in [2.24, 2.45) is 5.10 Å². The maximum absolute atomic E-state index is 13.4. The fourth-order valence-electron chi connectivity index (χ4n) is 4.64. The van der Waals surface area contributed by atoms with Crippen molar-refractivity contribution in [3.63, 3.8) is 0 Å². The SMILES string of the molecule is COc1ccc(C2=NN3[C@@H](C2)c2cc(Cl)ccc2O[C@@]32C(=O)Nc3ccc(Cl)cc32)cc1. The van der Waals surface area contributed by atoms with Gasteiger partial charge in [0.1, 0.15) is 11.5 Å². The average Bonchev–Trinajstić information content (AvgIpc) is 3.36. The normalized spacial score (nSPS) is 22.6. The third kappa shape index (κ3) is 2.66. The number of amides is 1. The van der Waals surface area contributed by atoms with Gasteiger partial charge < -0.3 is 14.8 Å². The molecule has 0 radical (unpaired) electrons. The second-order valence-corrected chi connectivity index (χ2v) is 8.78. The summed E-state index contributed by atoms with van der Waals surface area (Å²) in [4.78, 5) is 13.4. The van der Waals surface area contributed by atoms with Gasteiger partial charge in [-0.3, -0.25) is 4.79 Å². The molecule has 0 bridgehead atoms. The number of rotatable bonds is 2. The summed E-state index contributed by atoms with van der Waals surface area (Å²) in [6.45, 7) is 0. The summed E-state index contributed by atoms with van der Waals surface area (Å²) >= 11 is 12.6. The average molecular weight is 466 g/mol. The number of hydrogen-bond donors (Lipinski definition) is 1. The van der Waals surface area contributed by atoms with Crippen LogP contribution < -0.4 is 14.8 Å². The molecular formula is C24H17Cl2N3O3. The van der Waals surface area contributed by atoms with E-state index in [2.05, 4.69) is 5.32 Å². The quantitative estimate of drug-likeness (QED) is 0.553. The predicted octanol–water partition coefficient (Wildman–Crippen LogP) is 5.35. The summed E-state index contributed by atoms with van der Waals surface area (Å²) in [5, 5.41) is 10.7. The molecule has 32 heavy (non-hydrogen) atoms. The zero-order valence-electron chi connectivity index (χ0n) is 16.9. The predicted molar refractivity (Wildman–Crippen MR) is 123 cm³/mol. The van der Waals surface area contributed by atoms with Crippen molar-refractivity contribution in [3.8, 4) is 11.5 Å². The van der Waals surface area contributed by atoms with Crippen LogP contribution in [0.4, 0.5) is 5.69 Å². The minimum Gasteiger partial charge on any atom is -0.497 e.